The summed E-state index contributed by atoms with van der Waals surface area (Å²) in [6.07, 6.45) is 3.69. The molecule has 23 heavy (non-hydrogen) atoms. The summed E-state index contributed by atoms with van der Waals surface area (Å²) in [4.78, 5) is 14.8. The Labute approximate surface area is 134 Å². The van der Waals surface area contributed by atoms with Gasteiger partial charge in [0.25, 0.3) is 0 Å². The van der Waals surface area contributed by atoms with Gasteiger partial charge in [0.2, 0.25) is 0 Å². The quantitative estimate of drug-likeness (QED) is 0.789. The summed E-state index contributed by atoms with van der Waals surface area (Å²) < 4.78 is 26.8. The van der Waals surface area contributed by atoms with Crippen molar-refractivity contribution in [3.05, 3.63) is 70.8 Å². The minimum atomic E-state index is -0.823. The van der Waals surface area contributed by atoms with Crippen molar-refractivity contribution in [2.75, 3.05) is 13.1 Å². The number of hydrogen-bond acceptors (Lipinski definition) is 2. The zero-order valence-corrected chi connectivity index (χ0v) is 12.9. The van der Waals surface area contributed by atoms with Gasteiger partial charge in [0, 0.05) is 18.2 Å². The van der Waals surface area contributed by atoms with Crippen LogP contribution >= 0.6 is 0 Å². The molecule has 1 fully saturated rings. The third-order valence-corrected chi connectivity index (χ3v) is 4.22. The van der Waals surface area contributed by atoms with Crippen molar-refractivity contribution in [1.82, 2.24) is 4.90 Å². The molecule has 0 unspecified atom stereocenters. The standard InChI is InChI=1S/C19H19F2NO/c20-16-7-8-17(18(21)12-16)19(23)15-6-4-5-14(11-15)13-22-9-2-1-3-10-22/h4-8,11-12H,1-3,9-10,13H2. The van der Waals surface area contributed by atoms with Crippen LogP contribution in [0.15, 0.2) is 42.5 Å². The maximum absolute atomic E-state index is 13.8. The second kappa shape index (κ2) is 7.01. The van der Waals surface area contributed by atoms with Crippen molar-refractivity contribution in [3.63, 3.8) is 0 Å². The minimum Gasteiger partial charge on any atom is -0.299 e. The maximum atomic E-state index is 13.8. The first-order valence-corrected chi connectivity index (χ1v) is 7.94. The first-order valence-electron chi connectivity index (χ1n) is 7.94. The molecule has 0 radical (unpaired) electrons. The predicted molar refractivity (Wildman–Crippen MR) is 85.4 cm³/mol. The molecule has 1 aliphatic rings. The van der Waals surface area contributed by atoms with Gasteiger partial charge < -0.3 is 0 Å². The molecule has 0 spiro atoms. The molecule has 0 aliphatic carbocycles. The van der Waals surface area contributed by atoms with Gasteiger partial charge in [-0.15, -0.1) is 0 Å². The Bertz CT molecular complexity index is 708. The number of rotatable bonds is 4. The molecule has 0 bridgehead atoms. The lowest BCUT2D eigenvalue weighted by atomic mass is 10.0. The van der Waals surface area contributed by atoms with Gasteiger partial charge in [-0.05, 0) is 49.7 Å². The molecule has 0 saturated carbocycles. The summed E-state index contributed by atoms with van der Waals surface area (Å²) in [6.45, 7) is 2.95. The highest BCUT2D eigenvalue weighted by Gasteiger charge is 2.16. The molecule has 2 nitrogen and oxygen atoms in total. The van der Waals surface area contributed by atoms with Gasteiger partial charge in [0.15, 0.2) is 5.78 Å². The molecule has 1 aliphatic heterocycles. The number of nitrogens with zero attached hydrogens (tertiary/aromatic N) is 1. The van der Waals surface area contributed by atoms with Gasteiger partial charge in [-0.25, -0.2) is 8.78 Å². The molecular weight excluding hydrogens is 296 g/mol. The number of hydrogen-bond donors (Lipinski definition) is 0. The van der Waals surface area contributed by atoms with E-state index in [9.17, 15) is 13.6 Å². The average Bonchev–Trinajstić information content (AvgIpc) is 2.55. The van der Waals surface area contributed by atoms with E-state index < -0.39 is 17.4 Å². The molecule has 2 aromatic rings. The number of halogens is 2. The van der Waals surface area contributed by atoms with Crippen LogP contribution in [-0.4, -0.2) is 23.8 Å². The van der Waals surface area contributed by atoms with Crippen LogP contribution in [0.2, 0.25) is 0 Å². The number of carbonyl (C=O) groups excluding carboxylic acids is 1. The minimum absolute atomic E-state index is 0.0958. The van der Waals surface area contributed by atoms with E-state index in [1.165, 1.54) is 25.3 Å². The van der Waals surface area contributed by atoms with Crippen LogP contribution in [0, 0.1) is 11.6 Å². The van der Waals surface area contributed by atoms with Crippen molar-refractivity contribution in [3.8, 4) is 0 Å². The smallest absolute Gasteiger partial charge is 0.195 e. The number of carbonyl (C=O) groups is 1. The SMILES string of the molecule is O=C(c1cccc(CN2CCCCC2)c1)c1ccc(F)cc1F. The Morgan fingerprint density at radius 3 is 2.52 bits per heavy atom. The molecule has 0 atom stereocenters. The number of benzene rings is 2. The second-order valence-electron chi connectivity index (χ2n) is 5.99. The van der Waals surface area contributed by atoms with Crippen LogP contribution in [0.25, 0.3) is 0 Å². The van der Waals surface area contributed by atoms with E-state index in [0.717, 1.165) is 37.3 Å². The molecule has 3 rings (SSSR count). The van der Waals surface area contributed by atoms with E-state index in [4.69, 9.17) is 0 Å². The Balaban J connectivity index is 1.79. The molecule has 4 heteroatoms. The normalized spacial score (nSPS) is 15.6. The van der Waals surface area contributed by atoms with Gasteiger partial charge in [-0.2, -0.15) is 0 Å². The predicted octanol–water partition coefficient (Wildman–Crippen LogP) is 4.18. The van der Waals surface area contributed by atoms with Gasteiger partial charge >= 0.3 is 0 Å². The highest BCUT2D eigenvalue weighted by atomic mass is 19.1. The van der Waals surface area contributed by atoms with E-state index in [1.54, 1.807) is 12.1 Å². The van der Waals surface area contributed by atoms with E-state index in [2.05, 4.69) is 4.90 Å². The molecule has 0 N–H and O–H groups in total. The van der Waals surface area contributed by atoms with Gasteiger partial charge in [0.05, 0.1) is 5.56 Å². The summed E-state index contributed by atoms with van der Waals surface area (Å²) in [6, 6.07) is 10.3. The number of likely N-dealkylation sites (tertiary alicyclic amines) is 1. The van der Waals surface area contributed by atoms with E-state index in [-0.39, 0.29) is 5.56 Å². The summed E-state index contributed by atoms with van der Waals surface area (Å²) >= 11 is 0. The molecule has 1 saturated heterocycles. The fourth-order valence-corrected chi connectivity index (χ4v) is 3.02. The van der Waals surface area contributed by atoms with Crippen molar-refractivity contribution < 1.29 is 13.6 Å². The first kappa shape index (κ1) is 15.8. The lowest BCUT2D eigenvalue weighted by Crippen LogP contribution is -2.29. The fraction of sp³-hybridized carbons (Fsp3) is 0.316. The zero-order chi connectivity index (χ0) is 16.2. The summed E-state index contributed by atoms with van der Waals surface area (Å²) in [5.41, 5.74) is 1.38. The van der Waals surface area contributed by atoms with Crippen LogP contribution in [-0.2, 0) is 6.54 Å². The van der Waals surface area contributed by atoms with Crippen molar-refractivity contribution in [2.45, 2.75) is 25.8 Å². The van der Waals surface area contributed by atoms with Crippen molar-refractivity contribution >= 4 is 5.78 Å². The van der Waals surface area contributed by atoms with Gasteiger partial charge in [0.1, 0.15) is 11.6 Å². The van der Waals surface area contributed by atoms with Crippen LogP contribution in [0.4, 0.5) is 8.78 Å². The third kappa shape index (κ3) is 3.82. The molecule has 0 amide bonds. The van der Waals surface area contributed by atoms with E-state index >= 15 is 0 Å². The highest BCUT2D eigenvalue weighted by Crippen LogP contribution is 2.18. The Hall–Kier alpha value is -2.07. The summed E-state index contributed by atoms with van der Waals surface area (Å²) in [5, 5.41) is 0. The lowest BCUT2D eigenvalue weighted by Gasteiger charge is -2.26. The zero-order valence-electron chi connectivity index (χ0n) is 12.9. The topological polar surface area (TPSA) is 20.3 Å². The largest absolute Gasteiger partial charge is 0.299 e. The fourth-order valence-electron chi connectivity index (χ4n) is 3.02. The summed E-state index contributed by atoms with van der Waals surface area (Å²) in [5.74, 6) is -1.92. The van der Waals surface area contributed by atoms with Crippen molar-refractivity contribution in [2.24, 2.45) is 0 Å². The Morgan fingerprint density at radius 1 is 1.00 bits per heavy atom. The van der Waals surface area contributed by atoms with Crippen LogP contribution in [0.5, 0.6) is 0 Å². The van der Waals surface area contributed by atoms with Gasteiger partial charge in [-0.3, -0.25) is 9.69 Å². The average molecular weight is 315 g/mol. The third-order valence-electron chi connectivity index (χ3n) is 4.22. The molecule has 120 valence electrons. The summed E-state index contributed by atoms with van der Waals surface area (Å²) in [7, 11) is 0. The molecule has 1 heterocycles. The highest BCUT2D eigenvalue weighted by molar-refractivity contribution is 6.09. The monoisotopic (exact) mass is 315 g/mol. The van der Waals surface area contributed by atoms with E-state index in [1.807, 2.05) is 12.1 Å². The van der Waals surface area contributed by atoms with E-state index in [0.29, 0.717) is 5.56 Å². The first-order chi connectivity index (χ1) is 11.1. The Morgan fingerprint density at radius 2 is 1.78 bits per heavy atom. The Kier molecular flexibility index (Phi) is 4.82. The maximum Gasteiger partial charge on any atom is 0.195 e. The molecular formula is C19H19F2NO. The number of ketones is 1. The van der Waals surface area contributed by atoms with Crippen LogP contribution < -0.4 is 0 Å². The van der Waals surface area contributed by atoms with Crippen molar-refractivity contribution in [1.29, 1.82) is 0 Å². The second-order valence-corrected chi connectivity index (χ2v) is 5.99. The lowest BCUT2D eigenvalue weighted by molar-refractivity contribution is 0.103. The molecule has 2 aromatic carbocycles. The van der Waals surface area contributed by atoms with Gasteiger partial charge in [-0.1, -0.05) is 24.6 Å². The van der Waals surface area contributed by atoms with Crippen LogP contribution in [0.1, 0.15) is 40.7 Å². The molecule has 0 aromatic heterocycles. The van der Waals surface area contributed by atoms with Crippen LogP contribution in [0.3, 0.4) is 0 Å². The number of piperidine rings is 1.